The summed E-state index contributed by atoms with van der Waals surface area (Å²) in [7, 11) is 0. The first-order chi connectivity index (χ1) is 7.33. The van der Waals surface area contributed by atoms with Gasteiger partial charge in [-0.2, -0.15) is 13.2 Å². The van der Waals surface area contributed by atoms with Gasteiger partial charge < -0.3 is 5.32 Å². The van der Waals surface area contributed by atoms with E-state index in [1.807, 2.05) is 20.8 Å². The number of hydrogen-bond acceptors (Lipinski definition) is 1. The van der Waals surface area contributed by atoms with Gasteiger partial charge in [-0.15, -0.1) is 0 Å². The van der Waals surface area contributed by atoms with Crippen molar-refractivity contribution >= 4 is 0 Å². The van der Waals surface area contributed by atoms with E-state index in [9.17, 15) is 13.2 Å². The fraction of sp³-hybridized carbons (Fsp3) is 1.00. The highest BCUT2D eigenvalue weighted by atomic mass is 19.4. The molecule has 0 amide bonds. The molecular weight excluding hydrogens is 215 g/mol. The van der Waals surface area contributed by atoms with E-state index in [2.05, 4.69) is 5.32 Å². The standard InChI is InChI=1S/C12H24F3N/c1-5-8-16-11(7-3,12(13,14)15)9-10(4)6-2/h10,16H,5-9H2,1-4H3. The molecule has 1 nitrogen and oxygen atoms in total. The highest BCUT2D eigenvalue weighted by Gasteiger charge is 2.53. The minimum atomic E-state index is -4.17. The van der Waals surface area contributed by atoms with Crippen LogP contribution in [0.25, 0.3) is 0 Å². The molecule has 0 aliphatic rings. The molecule has 0 aliphatic carbocycles. The summed E-state index contributed by atoms with van der Waals surface area (Å²) in [5, 5.41) is 2.71. The largest absolute Gasteiger partial charge is 0.406 e. The number of alkyl halides is 3. The van der Waals surface area contributed by atoms with Gasteiger partial charge in [0, 0.05) is 0 Å². The molecule has 0 saturated heterocycles. The van der Waals surface area contributed by atoms with Gasteiger partial charge >= 0.3 is 6.18 Å². The van der Waals surface area contributed by atoms with E-state index >= 15 is 0 Å². The molecule has 0 radical (unpaired) electrons. The third-order valence-corrected chi connectivity index (χ3v) is 3.25. The van der Waals surface area contributed by atoms with Crippen molar-refractivity contribution in [2.75, 3.05) is 6.54 Å². The van der Waals surface area contributed by atoms with Gasteiger partial charge in [0.1, 0.15) is 5.54 Å². The molecule has 0 heterocycles. The van der Waals surface area contributed by atoms with Crippen molar-refractivity contribution < 1.29 is 13.2 Å². The summed E-state index contributed by atoms with van der Waals surface area (Å²) >= 11 is 0. The molecule has 0 bridgehead atoms. The fourth-order valence-corrected chi connectivity index (χ4v) is 1.86. The van der Waals surface area contributed by atoms with Gasteiger partial charge in [-0.25, -0.2) is 0 Å². The van der Waals surface area contributed by atoms with Crippen molar-refractivity contribution in [3.8, 4) is 0 Å². The second kappa shape index (κ2) is 6.48. The van der Waals surface area contributed by atoms with Crippen LogP contribution >= 0.6 is 0 Å². The second-order valence-corrected chi connectivity index (χ2v) is 4.58. The molecule has 0 fully saturated rings. The zero-order valence-electron chi connectivity index (χ0n) is 10.7. The van der Waals surface area contributed by atoms with E-state index < -0.39 is 11.7 Å². The van der Waals surface area contributed by atoms with E-state index in [4.69, 9.17) is 0 Å². The van der Waals surface area contributed by atoms with Crippen LogP contribution in [0.5, 0.6) is 0 Å². The molecule has 2 unspecified atom stereocenters. The first-order valence-electron chi connectivity index (χ1n) is 6.14. The smallest absolute Gasteiger partial charge is 0.304 e. The predicted molar refractivity (Wildman–Crippen MR) is 61.4 cm³/mol. The molecule has 98 valence electrons. The van der Waals surface area contributed by atoms with Crippen LogP contribution < -0.4 is 5.32 Å². The first-order valence-corrected chi connectivity index (χ1v) is 6.14. The number of halogens is 3. The first kappa shape index (κ1) is 15.8. The Hall–Kier alpha value is -0.250. The molecule has 2 atom stereocenters. The zero-order chi connectivity index (χ0) is 12.8. The van der Waals surface area contributed by atoms with Crippen LogP contribution in [0.4, 0.5) is 13.2 Å². The predicted octanol–water partition coefficient (Wildman–Crippen LogP) is 4.13. The van der Waals surface area contributed by atoms with E-state index in [1.165, 1.54) is 0 Å². The fourth-order valence-electron chi connectivity index (χ4n) is 1.86. The van der Waals surface area contributed by atoms with Crippen LogP contribution in [-0.2, 0) is 0 Å². The average Bonchev–Trinajstić information content (AvgIpc) is 2.22. The summed E-state index contributed by atoms with van der Waals surface area (Å²) in [6.07, 6.45) is -2.39. The van der Waals surface area contributed by atoms with E-state index in [0.29, 0.717) is 6.54 Å². The summed E-state index contributed by atoms with van der Waals surface area (Å²) < 4.78 is 39.4. The summed E-state index contributed by atoms with van der Waals surface area (Å²) in [6.45, 7) is 7.72. The monoisotopic (exact) mass is 239 g/mol. The SMILES string of the molecule is CCCNC(CC)(CC(C)CC)C(F)(F)F. The molecular formula is C12H24F3N. The van der Waals surface area contributed by atoms with Crippen molar-refractivity contribution in [3.05, 3.63) is 0 Å². The van der Waals surface area contributed by atoms with Gasteiger partial charge in [-0.1, -0.05) is 34.1 Å². The lowest BCUT2D eigenvalue weighted by atomic mass is 9.84. The zero-order valence-corrected chi connectivity index (χ0v) is 10.7. The van der Waals surface area contributed by atoms with E-state index in [-0.39, 0.29) is 18.8 Å². The molecule has 0 aliphatic heterocycles. The highest BCUT2D eigenvalue weighted by Crippen LogP contribution is 2.38. The molecule has 0 spiro atoms. The number of nitrogens with one attached hydrogen (secondary N) is 1. The van der Waals surface area contributed by atoms with Gasteiger partial charge in [0.2, 0.25) is 0 Å². The Morgan fingerprint density at radius 3 is 2.00 bits per heavy atom. The molecule has 0 aromatic carbocycles. The van der Waals surface area contributed by atoms with E-state index in [1.54, 1.807) is 6.92 Å². The van der Waals surface area contributed by atoms with Crippen molar-refractivity contribution in [1.29, 1.82) is 0 Å². The van der Waals surface area contributed by atoms with Crippen LogP contribution in [0.3, 0.4) is 0 Å². The maximum absolute atomic E-state index is 13.1. The van der Waals surface area contributed by atoms with Gasteiger partial charge in [0.15, 0.2) is 0 Å². The molecule has 0 aromatic heterocycles. The average molecular weight is 239 g/mol. The van der Waals surface area contributed by atoms with Gasteiger partial charge in [0.05, 0.1) is 0 Å². The molecule has 16 heavy (non-hydrogen) atoms. The summed E-state index contributed by atoms with van der Waals surface area (Å²) in [4.78, 5) is 0. The molecule has 0 aromatic rings. The van der Waals surface area contributed by atoms with Gasteiger partial charge in [-0.05, 0) is 31.7 Å². The third kappa shape index (κ3) is 3.96. The molecule has 0 rings (SSSR count). The van der Waals surface area contributed by atoms with Crippen molar-refractivity contribution in [2.45, 2.75) is 65.1 Å². The summed E-state index contributed by atoms with van der Waals surface area (Å²) in [5.41, 5.74) is -1.70. The lowest BCUT2D eigenvalue weighted by Gasteiger charge is -2.38. The van der Waals surface area contributed by atoms with E-state index in [0.717, 1.165) is 12.8 Å². The van der Waals surface area contributed by atoms with Crippen LogP contribution in [0.1, 0.15) is 53.4 Å². The minimum absolute atomic E-state index is 0.0888. The Morgan fingerprint density at radius 1 is 1.12 bits per heavy atom. The Balaban J connectivity index is 4.81. The highest BCUT2D eigenvalue weighted by molar-refractivity contribution is 4.95. The molecule has 4 heteroatoms. The van der Waals surface area contributed by atoms with Crippen molar-refractivity contribution in [1.82, 2.24) is 5.32 Å². The summed E-state index contributed by atoms with van der Waals surface area (Å²) in [5.74, 6) is 0.0888. The summed E-state index contributed by atoms with van der Waals surface area (Å²) in [6, 6.07) is 0. The van der Waals surface area contributed by atoms with Crippen LogP contribution in [0, 0.1) is 5.92 Å². The Morgan fingerprint density at radius 2 is 1.69 bits per heavy atom. The van der Waals surface area contributed by atoms with Gasteiger partial charge in [-0.3, -0.25) is 0 Å². The normalized spacial score (nSPS) is 18.2. The topological polar surface area (TPSA) is 12.0 Å². The Bertz CT molecular complexity index is 191. The second-order valence-electron chi connectivity index (χ2n) is 4.58. The Labute approximate surface area is 96.8 Å². The third-order valence-electron chi connectivity index (χ3n) is 3.25. The number of hydrogen-bond donors (Lipinski definition) is 1. The quantitative estimate of drug-likeness (QED) is 0.704. The Kier molecular flexibility index (Phi) is 6.38. The lowest BCUT2D eigenvalue weighted by Crippen LogP contribution is -2.57. The van der Waals surface area contributed by atoms with Gasteiger partial charge in [0.25, 0.3) is 0 Å². The van der Waals surface area contributed by atoms with Crippen molar-refractivity contribution in [3.63, 3.8) is 0 Å². The lowest BCUT2D eigenvalue weighted by molar-refractivity contribution is -0.203. The van der Waals surface area contributed by atoms with Crippen LogP contribution in [0.2, 0.25) is 0 Å². The maximum atomic E-state index is 13.1. The number of rotatable bonds is 7. The molecule has 0 saturated carbocycles. The maximum Gasteiger partial charge on any atom is 0.406 e. The van der Waals surface area contributed by atoms with Crippen LogP contribution in [0.15, 0.2) is 0 Å². The minimum Gasteiger partial charge on any atom is -0.304 e. The molecule has 1 N–H and O–H groups in total. The van der Waals surface area contributed by atoms with Crippen LogP contribution in [-0.4, -0.2) is 18.3 Å². The van der Waals surface area contributed by atoms with Crippen molar-refractivity contribution in [2.24, 2.45) is 5.92 Å².